The molecule has 0 aliphatic heterocycles. The maximum Gasteiger partial charge on any atom is 0.311 e. The van der Waals surface area contributed by atoms with E-state index in [0.717, 1.165) is 12.1 Å². The zero-order valence-corrected chi connectivity index (χ0v) is 11.8. The maximum absolute atomic E-state index is 13.3. The van der Waals surface area contributed by atoms with Crippen LogP contribution < -0.4 is 10.1 Å². The molecule has 2 N–H and O–H groups in total. The van der Waals surface area contributed by atoms with E-state index in [1.54, 1.807) is 6.92 Å². The molecule has 21 heavy (non-hydrogen) atoms. The van der Waals surface area contributed by atoms with Crippen LogP contribution in [0, 0.1) is 17.0 Å². The first-order valence-electron chi connectivity index (χ1n) is 6.36. The molecular formula is C14H17F2NO4. The lowest BCUT2D eigenvalue weighted by Gasteiger charge is -2.23. The summed E-state index contributed by atoms with van der Waals surface area (Å²) in [5.74, 6) is -3.50. The zero-order valence-electron chi connectivity index (χ0n) is 11.8. The lowest BCUT2D eigenvalue weighted by atomic mass is 9.88. The molecule has 0 aromatic heterocycles. The number of carboxylic acid groups (broad SMARTS) is 1. The molecule has 0 heterocycles. The second-order valence-corrected chi connectivity index (χ2v) is 4.86. The maximum atomic E-state index is 13.3. The van der Waals surface area contributed by atoms with Crippen LogP contribution in [0.2, 0.25) is 0 Å². The third kappa shape index (κ3) is 4.70. The van der Waals surface area contributed by atoms with Gasteiger partial charge in [-0.2, -0.15) is 0 Å². The van der Waals surface area contributed by atoms with Gasteiger partial charge in [-0.15, -0.1) is 0 Å². The minimum atomic E-state index is -1.07. The van der Waals surface area contributed by atoms with Gasteiger partial charge in [0.25, 0.3) is 5.91 Å². The van der Waals surface area contributed by atoms with Gasteiger partial charge < -0.3 is 15.2 Å². The molecule has 0 saturated carbocycles. The van der Waals surface area contributed by atoms with Crippen molar-refractivity contribution in [3.63, 3.8) is 0 Å². The Hall–Kier alpha value is -2.18. The average Bonchev–Trinajstić information content (AvgIpc) is 2.43. The number of ether oxygens (including phenoxy) is 1. The Morgan fingerprint density at radius 3 is 2.57 bits per heavy atom. The number of nitrogens with one attached hydrogen (secondary N) is 1. The summed E-state index contributed by atoms with van der Waals surface area (Å²) in [6, 6.07) is 2.73. The van der Waals surface area contributed by atoms with Crippen molar-refractivity contribution in [1.82, 2.24) is 5.32 Å². The molecule has 0 spiro atoms. The van der Waals surface area contributed by atoms with Crippen molar-refractivity contribution in [3.8, 4) is 5.75 Å². The van der Waals surface area contributed by atoms with Gasteiger partial charge >= 0.3 is 5.97 Å². The first-order chi connectivity index (χ1) is 9.78. The van der Waals surface area contributed by atoms with Gasteiger partial charge in [-0.1, -0.05) is 6.92 Å². The molecule has 0 saturated heterocycles. The highest BCUT2D eigenvalue weighted by Crippen LogP contribution is 2.20. The van der Waals surface area contributed by atoms with Crippen LogP contribution in [0.3, 0.4) is 0 Å². The van der Waals surface area contributed by atoms with E-state index in [0.29, 0.717) is 12.5 Å². The van der Waals surface area contributed by atoms with Crippen LogP contribution in [-0.2, 0) is 9.59 Å². The number of amides is 1. The highest BCUT2D eigenvalue weighted by atomic mass is 19.1. The molecule has 0 aliphatic rings. The molecule has 1 aromatic rings. The summed E-state index contributed by atoms with van der Waals surface area (Å²) in [5.41, 5.74) is -1.07. The summed E-state index contributed by atoms with van der Waals surface area (Å²) < 4.78 is 30.9. The van der Waals surface area contributed by atoms with Gasteiger partial charge in [0.2, 0.25) is 0 Å². The fourth-order valence-electron chi connectivity index (χ4n) is 1.43. The molecule has 5 nitrogen and oxygen atoms in total. The molecule has 116 valence electrons. The first kappa shape index (κ1) is 16.9. The number of carboxylic acids is 1. The van der Waals surface area contributed by atoms with Crippen LogP contribution in [0.1, 0.15) is 20.3 Å². The molecule has 1 atom stereocenters. The highest BCUT2D eigenvalue weighted by Gasteiger charge is 2.31. The van der Waals surface area contributed by atoms with Crippen LogP contribution in [0.5, 0.6) is 5.75 Å². The third-order valence-corrected chi connectivity index (χ3v) is 3.23. The lowest BCUT2D eigenvalue weighted by Crippen LogP contribution is -2.42. The number of aliphatic carboxylic acids is 1. The monoisotopic (exact) mass is 301 g/mol. The van der Waals surface area contributed by atoms with E-state index in [-0.39, 0.29) is 12.3 Å². The van der Waals surface area contributed by atoms with Crippen molar-refractivity contribution in [2.24, 2.45) is 5.41 Å². The standard InChI is InChI=1S/C14H17F2NO4/c1-3-14(2,13(19)20)8-17-12(18)7-21-11-5-4-9(15)6-10(11)16/h4-6H,3,7-8H2,1-2H3,(H,17,18)(H,19,20). The number of benzene rings is 1. The fraction of sp³-hybridized carbons (Fsp3) is 0.429. The fourth-order valence-corrected chi connectivity index (χ4v) is 1.43. The van der Waals surface area contributed by atoms with E-state index in [1.165, 1.54) is 6.92 Å². The second kappa shape index (κ2) is 7.01. The van der Waals surface area contributed by atoms with Crippen molar-refractivity contribution in [3.05, 3.63) is 29.8 Å². The Morgan fingerprint density at radius 2 is 2.05 bits per heavy atom. The molecule has 1 aromatic carbocycles. The number of hydrogen-bond donors (Lipinski definition) is 2. The van der Waals surface area contributed by atoms with E-state index in [4.69, 9.17) is 9.84 Å². The Balaban J connectivity index is 2.49. The summed E-state index contributed by atoms with van der Waals surface area (Å²) in [6.45, 7) is 2.66. The number of rotatable bonds is 7. The van der Waals surface area contributed by atoms with Crippen LogP contribution in [0.15, 0.2) is 18.2 Å². The summed E-state index contributed by atoms with van der Waals surface area (Å²) in [6.07, 6.45) is 0.343. The van der Waals surface area contributed by atoms with Crippen LogP contribution in [-0.4, -0.2) is 30.1 Å². The second-order valence-electron chi connectivity index (χ2n) is 4.86. The zero-order chi connectivity index (χ0) is 16.0. The molecule has 0 bridgehead atoms. The van der Waals surface area contributed by atoms with Crippen molar-refractivity contribution >= 4 is 11.9 Å². The molecule has 7 heteroatoms. The minimum absolute atomic E-state index is 0.0626. The molecule has 0 aliphatic carbocycles. The van der Waals surface area contributed by atoms with E-state index < -0.39 is 35.5 Å². The summed E-state index contributed by atoms with van der Waals surface area (Å²) in [5, 5.41) is 11.5. The smallest absolute Gasteiger partial charge is 0.311 e. The quantitative estimate of drug-likeness (QED) is 0.807. The van der Waals surface area contributed by atoms with Crippen molar-refractivity contribution in [2.45, 2.75) is 20.3 Å². The molecule has 1 amide bonds. The summed E-state index contributed by atoms with van der Waals surface area (Å²) in [7, 11) is 0. The Kier molecular flexibility index (Phi) is 5.63. The first-order valence-corrected chi connectivity index (χ1v) is 6.36. The predicted octanol–water partition coefficient (Wildman–Crippen LogP) is 1.96. The van der Waals surface area contributed by atoms with E-state index in [2.05, 4.69) is 5.32 Å². The SMILES string of the molecule is CCC(C)(CNC(=O)COc1ccc(F)cc1F)C(=O)O. The van der Waals surface area contributed by atoms with Crippen LogP contribution >= 0.6 is 0 Å². The molecule has 0 radical (unpaired) electrons. The Labute approximate surface area is 120 Å². The largest absolute Gasteiger partial charge is 0.481 e. The number of carbonyl (C=O) groups is 2. The van der Waals surface area contributed by atoms with Crippen LogP contribution in [0.25, 0.3) is 0 Å². The Morgan fingerprint density at radius 1 is 1.38 bits per heavy atom. The highest BCUT2D eigenvalue weighted by molar-refractivity contribution is 5.79. The van der Waals surface area contributed by atoms with E-state index >= 15 is 0 Å². The molecule has 1 unspecified atom stereocenters. The van der Waals surface area contributed by atoms with Gasteiger partial charge in [0, 0.05) is 12.6 Å². The minimum Gasteiger partial charge on any atom is -0.481 e. The molecule has 0 fully saturated rings. The van der Waals surface area contributed by atoms with Crippen LogP contribution in [0.4, 0.5) is 8.78 Å². The number of halogens is 2. The van der Waals surface area contributed by atoms with Gasteiger partial charge in [-0.3, -0.25) is 9.59 Å². The molecule has 1 rings (SSSR count). The van der Waals surface area contributed by atoms with Gasteiger partial charge in [0.1, 0.15) is 5.82 Å². The van der Waals surface area contributed by atoms with Gasteiger partial charge in [-0.05, 0) is 25.5 Å². The van der Waals surface area contributed by atoms with Crippen molar-refractivity contribution < 1.29 is 28.2 Å². The topological polar surface area (TPSA) is 75.6 Å². The third-order valence-electron chi connectivity index (χ3n) is 3.23. The normalized spacial score (nSPS) is 13.3. The summed E-state index contributed by atoms with van der Waals surface area (Å²) >= 11 is 0. The van der Waals surface area contributed by atoms with Crippen molar-refractivity contribution in [2.75, 3.05) is 13.2 Å². The van der Waals surface area contributed by atoms with Gasteiger partial charge in [0.15, 0.2) is 18.2 Å². The Bertz CT molecular complexity index is 536. The number of hydrogen-bond acceptors (Lipinski definition) is 3. The van der Waals surface area contributed by atoms with E-state index in [1.807, 2.05) is 0 Å². The summed E-state index contributed by atoms with van der Waals surface area (Å²) in [4.78, 5) is 22.6. The van der Waals surface area contributed by atoms with E-state index in [9.17, 15) is 18.4 Å². The van der Waals surface area contributed by atoms with Gasteiger partial charge in [0.05, 0.1) is 5.41 Å². The molecular weight excluding hydrogens is 284 g/mol. The lowest BCUT2D eigenvalue weighted by molar-refractivity contribution is -0.148. The number of carbonyl (C=O) groups excluding carboxylic acids is 1. The van der Waals surface area contributed by atoms with Gasteiger partial charge in [-0.25, -0.2) is 8.78 Å². The van der Waals surface area contributed by atoms with Crippen molar-refractivity contribution in [1.29, 1.82) is 0 Å². The average molecular weight is 301 g/mol. The predicted molar refractivity (Wildman–Crippen MR) is 70.9 cm³/mol.